The lowest BCUT2D eigenvalue weighted by Gasteiger charge is -2.15. The summed E-state index contributed by atoms with van der Waals surface area (Å²) in [6.07, 6.45) is -1.77. The fourth-order valence-corrected chi connectivity index (χ4v) is 2.25. The zero-order valence-corrected chi connectivity index (χ0v) is 11.9. The SMILES string of the molecule is FC(F)(F)c1ccccc1-c1cncnc1Nc1ccccc1. The first kappa shape index (κ1) is 15.0. The van der Waals surface area contributed by atoms with Gasteiger partial charge in [0.2, 0.25) is 0 Å². The van der Waals surface area contributed by atoms with E-state index in [-0.39, 0.29) is 5.56 Å². The van der Waals surface area contributed by atoms with E-state index in [9.17, 15) is 13.2 Å². The molecule has 3 aromatic rings. The van der Waals surface area contributed by atoms with Crippen molar-refractivity contribution >= 4 is 11.5 Å². The number of hydrogen-bond donors (Lipinski definition) is 1. The molecular weight excluding hydrogens is 303 g/mol. The number of benzene rings is 2. The first-order valence-electron chi connectivity index (χ1n) is 6.84. The van der Waals surface area contributed by atoms with Crippen molar-refractivity contribution in [1.29, 1.82) is 0 Å². The lowest BCUT2D eigenvalue weighted by molar-refractivity contribution is -0.137. The number of halogens is 3. The third kappa shape index (κ3) is 3.31. The van der Waals surface area contributed by atoms with E-state index in [1.165, 1.54) is 24.7 Å². The molecule has 3 rings (SSSR count). The van der Waals surface area contributed by atoms with Gasteiger partial charge in [-0.3, -0.25) is 0 Å². The van der Waals surface area contributed by atoms with Crippen LogP contribution >= 0.6 is 0 Å². The van der Waals surface area contributed by atoms with Crippen LogP contribution in [0.4, 0.5) is 24.7 Å². The lowest BCUT2D eigenvalue weighted by Crippen LogP contribution is -2.08. The van der Waals surface area contributed by atoms with Gasteiger partial charge in [-0.2, -0.15) is 13.2 Å². The molecule has 0 aliphatic carbocycles. The zero-order chi connectivity index (χ0) is 16.3. The van der Waals surface area contributed by atoms with Gasteiger partial charge in [0.25, 0.3) is 0 Å². The van der Waals surface area contributed by atoms with Crippen molar-refractivity contribution < 1.29 is 13.2 Å². The second-order valence-corrected chi connectivity index (χ2v) is 4.82. The first-order valence-corrected chi connectivity index (χ1v) is 6.84. The highest BCUT2D eigenvalue weighted by molar-refractivity contribution is 5.79. The number of alkyl halides is 3. The maximum Gasteiger partial charge on any atom is 0.417 e. The normalized spacial score (nSPS) is 11.3. The lowest BCUT2D eigenvalue weighted by atomic mass is 10.0. The van der Waals surface area contributed by atoms with Crippen molar-refractivity contribution in [2.75, 3.05) is 5.32 Å². The molecule has 0 aliphatic heterocycles. The number of para-hydroxylation sites is 1. The van der Waals surface area contributed by atoms with Crippen molar-refractivity contribution in [3.63, 3.8) is 0 Å². The Kier molecular flexibility index (Phi) is 3.97. The maximum absolute atomic E-state index is 13.2. The minimum atomic E-state index is -4.45. The Labute approximate surface area is 130 Å². The predicted molar refractivity (Wildman–Crippen MR) is 82.2 cm³/mol. The third-order valence-corrected chi connectivity index (χ3v) is 3.27. The monoisotopic (exact) mass is 315 g/mol. The average molecular weight is 315 g/mol. The van der Waals surface area contributed by atoms with Crippen LogP contribution < -0.4 is 5.32 Å². The molecule has 116 valence electrons. The van der Waals surface area contributed by atoms with Gasteiger partial charge in [-0.25, -0.2) is 9.97 Å². The Balaban J connectivity index is 2.09. The second kappa shape index (κ2) is 6.08. The molecule has 0 fully saturated rings. The van der Waals surface area contributed by atoms with E-state index >= 15 is 0 Å². The third-order valence-electron chi connectivity index (χ3n) is 3.27. The molecule has 6 heteroatoms. The van der Waals surface area contributed by atoms with Gasteiger partial charge in [-0.15, -0.1) is 0 Å². The van der Waals surface area contributed by atoms with E-state index in [0.29, 0.717) is 11.4 Å². The summed E-state index contributed by atoms with van der Waals surface area (Å²) >= 11 is 0. The molecule has 2 aromatic carbocycles. The largest absolute Gasteiger partial charge is 0.417 e. The van der Waals surface area contributed by atoms with Crippen LogP contribution in [0.25, 0.3) is 11.1 Å². The van der Waals surface area contributed by atoms with E-state index in [1.54, 1.807) is 6.07 Å². The molecular formula is C17H12F3N3. The van der Waals surface area contributed by atoms with Crippen molar-refractivity contribution in [2.24, 2.45) is 0 Å². The summed E-state index contributed by atoms with van der Waals surface area (Å²) in [5.41, 5.74) is 0.353. The Hall–Kier alpha value is -2.89. The van der Waals surface area contributed by atoms with Crippen LogP contribution in [0.2, 0.25) is 0 Å². The van der Waals surface area contributed by atoms with Gasteiger partial charge < -0.3 is 5.32 Å². The van der Waals surface area contributed by atoms with Gasteiger partial charge in [-0.1, -0.05) is 36.4 Å². The van der Waals surface area contributed by atoms with Crippen molar-refractivity contribution in [1.82, 2.24) is 9.97 Å². The molecule has 1 N–H and O–H groups in total. The van der Waals surface area contributed by atoms with E-state index < -0.39 is 11.7 Å². The fraction of sp³-hybridized carbons (Fsp3) is 0.0588. The van der Waals surface area contributed by atoms with Crippen molar-refractivity contribution in [3.8, 4) is 11.1 Å². The number of rotatable bonds is 3. The van der Waals surface area contributed by atoms with E-state index in [1.807, 2.05) is 30.3 Å². The maximum atomic E-state index is 13.2. The molecule has 0 bridgehead atoms. The summed E-state index contributed by atoms with van der Waals surface area (Å²) in [6, 6.07) is 14.5. The van der Waals surface area contributed by atoms with Gasteiger partial charge in [0.05, 0.1) is 5.56 Å². The van der Waals surface area contributed by atoms with Crippen LogP contribution in [0.15, 0.2) is 67.1 Å². The molecule has 0 radical (unpaired) electrons. The molecule has 0 amide bonds. The van der Waals surface area contributed by atoms with E-state index in [2.05, 4.69) is 15.3 Å². The Bertz CT molecular complexity index is 801. The highest BCUT2D eigenvalue weighted by Crippen LogP contribution is 2.39. The van der Waals surface area contributed by atoms with E-state index in [0.717, 1.165) is 11.8 Å². The molecule has 23 heavy (non-hydrogen) atoms. The summed E-state index contributed by atoms with van der Waals surface area (Å²) < 4.78 is 39.7. The standard InChI is InChI=1S/C17H12F3N3/c18-17(19,20)15-9-5-4-8-13(15)14-10-21-11-22-16(14)23-12-6-2-1-3-7-12/h1-11H,(H,21,22,23). The van der Waals surface area contributed by atoms with Crippen LogP contribution in [0.3, 0.4) is 0 Å². The van der Waals surface area contributed by atoms with Crippen LogP contribution in [-0.2, 0) is 6.18 Å². The first-order chi connectivity index (χ1) is 11.1. The molecule has 0 unspecified atom stereocenters. The number of nitrogens with zero attached hydrogens (tertiary/aromatic N) is 2. The molecule has 0 saturated carbocycles. The minimum absolute atomic E-state index is 0.0408. The van der Waals surface area contributed by atoms with Crippen molar-refractivity contribution in [2.45, 2.75) is 6.18 Å². The smallest absolute Gasteiger partial charge is 0.340 e. The molecule has 0 aliphatic rings. The fourth-order valence-electron chi connectivity index (χ4n) is 2.25. The number of anilines is 2. The molecule has 0 spiro atoms. The van der Waals surface area contributed by atoms with Gasteiger partial charge >= 0.3 is 6.18 Å². The van der Waals surface area contributed by atoms with Crippen LogP contribution in [0.1, 0.15) is 5.56 Å². The Morgan fingerprint density at radius 3 is 2.26 bits per heavy atom. The molecule has 1 aromatic heterocycles. The molecule has 1 heterocycles. The Morgan fingerprint density at radius 2 is 1.52 bits per heavy atom. The zero-order valence-electron chi connectivity index (χ0n) is 11.9. The summed E-state index contributed by atoms with van der Waals surface area (Å²) in [5, 5.41) is 3.03. The van der Waals surface area contributed by atoms with Gasteiger partial charge in [0, 0.05) is 17.4 Å². The Morgan fingerprint density at radius 1 is 0.826 bits per heavy atom. The highest BCUT2D eigenvalue weighted by atomic mass is 19.4. The highest BCUT2D eigenvalue weighted by Gasteiger charge is 2.34. The summed E-state index contributed by atoms with van der Waals surface area (Å²) in [6.45, 7) is 0. The number of aromatic nitrogens is 2. The topological polar surface area (TPSA) is 37.8 Å². The van der Waals surface area contributed by atoms with Gasteiger partial charge in [0.15, 0.2) is 0 Å². The predicted octanol–water partition coefficient (Wildman–Crippen LogP) is 4.91. The summed E-state index contributed by atoms with van der Waals surface area (Å²) in [7, 11) is 0. The minimum Gasteiger partial charge on any atom is -0.340 e. The number of nitrogens with one attached hydrogen (secondary N) is 1. The second-order valence-electron chi connectivity index (χ2n) is 4.82. The summed E-state index contributed by atoms with van der Waals surface area (Å²) in [5.74, 6) is 0.322. The van der Waals surface area contributed by atoms with Crippen LogP contribution in [-0.4, -0.2) is 9.97 Å². The van der Waals surface area contributed by atoms with E-state index in [4.69, 9.17) is 0 Å². The van der Waals surface area contributed by atoms with Gasteiger partial charge in [0.1, 0.15) is 12.1 Å². The van der Waals surface area contributed by atoms with Crippen LogP contribution in [0.5, 0.6) is 0 Å². The number of hydrogen-bond acceptors (Lipinski definition) is 3. The van der Waals surface area contributed by atoms with Crippen molar-refractivity contribution in [3.05, 3.63) is 72.7 Å². The van der Waals surface area contributed by atoms with Crippen LogP contribution in [0, 0.1) is 0 Å². The molecule has 0 atom stereocenters. The average Bonchev–Trinajstić information content (AvgIpc) is 2.56. The molecule has 3 nitrogen and oxygen atoms in total. The summed E-state index contributed by atoms with van der Waals surface area (Å²) in [4.78, 5) is 7.95. The van der Waals surface area contributed by atoms with Gasteiger partial charge in [-0.05, 0) is 23.8 Å². The molecule has 0 saturated heterocycles. The quantitative estimate of drug-likeness (QED) is 0.746.